The maximum Gasteiger partial charge on any atom is 0.267 e. The van der Waals surface area contributed by atoms with Crippen molar-refractivity contribution in [3.8, 4) is 28.5 Å². The van der Waals surface area contributed by atoms with Crippen LogP contribution in [0, 0.1) is 0 Å². The van der Waals surface area contributed by atoms with E-state index in [1.54, 1.807) is 39.2 Å². The van der Waals surface area contributed by atoms with Crippen LogP contribution < -0.4 is 25.1 Å². The van der Waals surface area contributed by atoms with Crippen molar-refractivity contribution in [1.82, 2.24) is 15.1 Å². The monoisotopic (exact) mass is 421 g/mol. The third-order valence-electron chi connectivity index (χ3n) is 5.14. The fraction of sp³-hybridized carbons (Fsp3) is 0.261. The summed E-state index contributed by atoms with van der Waals surface area (Å²) >= 11 is 0. The van der Waals surface area contributed by atoms with Crippen LogP contribution >= 0.6 is 0 Å². The number of methoxy groups -OCH3 is 1. The van der Waals surface area contributed by atoms with Crippen LogP contribution in [0.1, 0.15) is 19.4 Å². The number of rotatable bonds is 6. The van der Waals surface area contributed by atoms with Crippen LogP contribution in [0.4, 0.5) is 0 Å². The zero-order chi connectivity index (χ0) is 22.0. The number of nitrogens with one attached hydrogen (secondary N) is 1. The molecule has 0 saturated carbocycles. The van der Waals surface area contributed by atoms with Gasteiger partial charge >= 0.3 is 0 Å². The summed E-state index contributed by atoms with van der Waals surface area (Å²) in [5.74, 6) is 1.66. The van der Waals surface area contributed by atoms with Crippen LogP contribution in [0.15, 0.2) is 59.4 Å². The molecule has 0 radical (unpaired) electrons. The summed E-state index contributed by atoms with van der Waals surface area (Å²) in [6.07, 6.45) is 0. The van der Waals surface area contributed by atoms with Gasteiger partial charge in [0.15, 0.2) is 11.5 Å². The molecule has 8 heteroatoms. The van der Waals surface area contributed by atoms with Crippen molar-refractivity contribution in [1.29, 1.82) is 0 Å². The Balaban J connectivity index is 1.57. The third-order valence-corrected chi connectivity index (χ3v) is 5.14. The first-order chi connectivity index (χ1) is 14.9. The Hall–Kier alpha value is -3.81. The molecule has 1 N–H and O–H groups in total. The highest BCUT2D eigenvalue weighted by Crippen LogP contribution is 2.35. The molecule has 4 rings (SSSR count). The van der Waals surface area contributed by atoms with Gasteiger partial charge in [-0.25, -0.2) is 4.68 Å². The molecule has 2 heterocycles. The molecule has 0 unspecified atom stereocenters. The summed E-state index contributed by atoms with van der Waals surface area (Å²) in [5, 5.41) is 7.35. The zero-order valence-corrected chi connectivity index (χ0v) is 17.5. The van der Waals surface area contributed by atoms with E-state index in [0.29, 0.717) is 29.5 Å². The normalized spacial score (nSPS) is 12.5. The van der Waals surface area contributed by atoms with Gasteiger partial charge in [0.1, 0.15) is 11.3 Å². The number of ether oxygens (including phenoxy) is 3. The third kappa shape index (κ3) is 4.09. The van der Waals surface area contributed by atoms with E-state index >= 15 is 0 Å². The van der Waals surface area contributed by atoms with Crippen LogP contribution in [-0.4, -0.2) is 29.6 Å². The van der Waals surface area contributed by atoms with Crippen molar-refractivity contribution < 1.29 is 19.0 Å². The second kappa shape index (κ2) is 8.14. The first kappa shape index (κ1) is 20.5. The predicted octanol–water partition coefficient (Wildman–Crippen LogP) is 2.70. The van der Waals surface area contributed by atoms with Gasteiger partial charge in [0.25, 0.3) is 5.56 Å². The Morgan fingerprint density at radius 3 is 2.74 bits per heavy atom. The zero-order valence-electron chi connectivity index (χ0n) is 17.5. The van der Waals surface area contributed by atoms with E-state index in [4.69, 9.17) is 14.2 Å². The van der Waals surface area contributed by atoms with Gasteiger partial charge in [0.2, 0.25) is 12.7 Å². The summed E-state index contributed by atoms with van der Waals surface area (Å²) in [4.78, 5) is 25.5. The maximum atomic E-state index is 13.0. The minimum absolute atomic E-state index is 0.173. The van der Waals surface area contributed by atoms with E-state index in [-0.39, 0.29) is 18.3 Å². The first-order valence-corrected chi connectivity index (χ1v) is 9.80. The van der Waals surface area contributed by atoms with Gasteiger partial charge in [-0.2, -0.15) is 5.10 Å². The Morgan fingerprint density at radius 2 is 1.94 bits per heavy atom. The van der Waals surface area contributed by atoms with E-state index < -0.39 is 5.54 Å². The number of hydrogen-bond acceptors (Lipinski definition) is 6. The molecular formula is C23H23N3O5. The highest BCUT2D eigenvalue weighted by Gasteiger charge is 2.32. The van der Waals surface area contributed by atoms with Gasteiger partial charge in [-0.15, -0.1) is 0 Å². The van der Waals surface area contributed by atoms with E-state index in [1.165, 1.54) is 10.7 Å². The maximum absolute atomic E-state index is 13.0. The summed E-state index contributed by atoms with van der Waals surface area (Å²) in [6.45, 7) is 3.79. The Bertz CT molecular complexity index is 1190. The minimum atomic E-state index is -1.21. The number of fused-ring (bicyclic) bond motifs is 1. The molecule has 0 bridgehead atoms. The predicted molar refractivity (Wildman–Crippen MR) is 114 cm³/mol. The summed E-state index contributed by atoms with van der Waals surface area (Å²) < 4.78 is 17.2. The summed E-state index contributed by atoms with van der Waals surface area (Å²) in [5.41, 5.74) is 0.614. The lowest BCUT2D eigenvalue weighted by atomic mass is 10.0. The summed E-state index contributed by atoms with van der Waals surface area (Å²) in [7, 11) is 1.59. The molecule has 1 amide bonds. The van der Waals surface area contributed by atoms with Crippen molar-refractivity contribution in [2.45, 2.75) is 25.9 Å². The van der Waals surface area contributed by atoms with Crippen molar-refractivity contribution in [3.05, 3.63) is 70.5 Å². The fourth-order valence-electron chi connectivity index (χ4n) is 3.30. The first-order valence-electron chi connectivity index (χ1n) is 9.80. The van der Waals surface area contributed by atoms with E-state index in [2.05, 4.69) is 10.4 Å². The molecule has 0 saturated heterocycles. The number of amides is 1. The van der Waals surface area contributed by atoms with Crippen LogP contribution in [0.25, 0.3) is 11.3 Å². The molecule has 1 aliphatic heterocycles. The molecule has 31 heavy (non-hydrogen) atoms. The van der Waals surface area contributed by atoms with Gasteiger partial charge in [-0.3, -0.25) is 9.59 Å². The number of carbonyl (C=O) groups excluding carboxylic acids is 1. The number of carbonyl (C=O) groups is 1. The van der Waals surface area contributed by atoms with E-state index in [1.807, 2.05) is 30.3 Å². The molecule has 160 valence electrons. The van der Waals surface area contributed by atoms with Gasteiger partial charge in [0.05, 0.1) is 12.8 Å². The molecule has 0 spiro atoms. The number of aromatic nitrogens is 2. The van der Waals surface area contributed by atoms with Crippen LogP contribution in [0.2, 0.25) is 0 Å². The van der Waals surface area contributed by atoms with Crippen molar-refractivity contribution in [2.24, 2.45) is 0 Å². The average Bonchev–Trinajstić information content (AvgIpc) is 3.25. The molecule has 3 aromatic rings. The van der Waals surface area contributed by atoms with Gasteiger partial charge in [-0.05, 0) is 55.8 Å². The van der Waals surface area contributed by atoms with Crippen molar-refractivity contribution in [3.63, 3.8) is 0 Å². The molecule has 8 nitrogen and oxygen atoms in total. The van der Waals surface area contributed by atoms with Crippen LogP contribution in [0.5, 0.6) is 17.2 Å². The quantitative estimate of drug-likeness (QED) is 0.658. The molecular weight excluding hydrogens is 398 g/mol. The number of hydrogen-bond donors (Lipinski definition) is 1. The van der Waals surface area contributed by atoms with E-state index in [0.717, 1.165) is 11.1 Å². The highest BCUT2D eigenvalue weighted by atomic mass is 16.7. The van der Waals surface area contributed by atoms with E-state index in [9.17, 15) is 9.59 Å². The van der Waals surface area contributed by atoms with Gasteiger partial charge in [-0.1, -0.05) is 12.1 Å². The van der Waals surface area contributed by atoms with Gasteiger partial charge < -0.3 is 19.5 Å². The van der Waals surface area contributed by atoms with Crippen molar-refractivity contribution in [2.75, 3.05) is 13.9 Å². The Kier molecular flexibility index (Phi) is 5.37. The Morgan fingerprint density at radius 1 is 1.13 bits per heavy atom. The number of nitrogens with zero attached hydrogens (tertiary/aromatic N) is 2. The molecule has 0 atom stereocenters. The van der Waals surface area contributed by atoms with Crippen LogP contribution in [-0.2, 0) is 16.9 Å². The van der Waals surface area contributed by atoms with Crippen molar-refractivity contribution >= 4 is 5.91 Å². The fourth-order valence-corrected chi connectivity index (χ4v) is 3.30. The molecule has 1 aromatic heterocycles. The molecule has 0 fully saturated rings. The lowest BCUT2D eigenvalue weighted by Gasteiger charge is -2.25. The standard InChI is InChI=1S/C23H23N3O5/c1-23(2,22(28)24-13-15-5-4-6-17(11-15)29-3)26-21(27)10-8-18(25-26)16-7-9-19-20(12-16)31-14-30-19/h4-12H,13-14H2,1-3H3,(H,24,28). The topological polar surface area (TPSA) is 91.7 Å². The largest absolute Gasteiger partial charge is 0.497 e. The molecule has 2 aromatic carbocycles. The highest BCUT2D eigenvalue weighted by molar-refractivity contribution is 5.83. The number of benzene rings is 2. The van der Waals surface area contributed by atoms with Gasteiger partial charge in [0, 0.05) is 18.2 Å². The lowest BCUT2D eigenvalue weighted by molar-refractivity contribution is -0.129. The lowest BCUT2D eigenvalue weighted by Crippen LogP contribution is -2.49. The molecule has 1 aliphatic rings. The summed E-state index contributed by atoms with van der Waals surface area (Å²) in [6, 6.07) is 15.9. The molecule has 0 aliphatic carbocycles. The average molecular weight is 421 g/mol. The second-order valence-corrected chi connectivity index (χ2v) is 7.63. The Labute approximate surface area is 179 Å². The van der Waals surface area contributed by atoms with Crippen LogP contribution in [0.3, 0.4) is 0 Å². The smallest absolute Gasteiger partial charge is 0.267 e. The SMILES string of the molecule is COc1cccc(CNC(=O)C(C)(C)n2nc(-c3ccc4c(c3)OCO4)ccc2=O)c1. The second-order valence-electron chi connectivity index (χ2n) is 7.63. The minimum Gasteiger partial charge on any atom is -0.497 e.